The Morgan fingerprint density at radius 1 is 0.417 bits per heavy atom. The fourth-order valence-electron chi connectivity index (χ4n) is 6.89. The van der Waals surface area contributed by atoms with Gasteiger partial charge in [0.25, 0.3) is 0 Å². The predicted molar refractivity (Wildman–Crippen MR) is 46.4 cm³/mol. The molecule has 0 heteroatoms. The van der Waals surface area contributed by atoms with E-state index in [-0.39, 0.29) is 0 Å². The summed E-state index contributed by atoms with van der Waals surface area (Å²) in [7, 11) is 0. The molecule has 12 heavy (non-hydrogen) atoms. The first-order valence-electron chi connectivity index (χ1n) is 5.97. The van der Waals surface area contributed by atoms with Crippen LogP contribution in [0, 0.1) is 47.3 Å². The molecule has 6 aliphatic carbocycles. The van der Waals surface area contributed by atoms with Crippen molar-refractivity contribution in [3.05, 3.63) is 0 Å². The van der Waals surface area contributed by atoms with Crippen LogP contribution >= 0.6 is 0 Å². The third-order valence-corrected chi connectivity index (χ3v) is 6.51. The number of rotatable bonds is 0. The van der Waals surface area contributed by atoms with Crippen LogP contribution in [0.3, 0.4) is 0 Å². The maximum Gasteiger partial charge on any atom is -0.0318 e. The zero-order chi connectivity index (χ0) is 7.45. The highest BCUT2D eigenvalue weighted by Gasteiger charge is 2.76. The fraction of sp³-hybridized carbons (Fsp3) is 1.00. The van der Waals surface area contributed by atoms with Gasteiger partial charge in [-0.05, 0) is 73.0 Å². The Hall–Kier alpha value is 0. The monoisotopic (exact) mass is 160 g/mol. The molecule has 0 N–H and O–H groups in total. The smallest absolute Gasteiger partial charge is 0.0318 e. The number of hydrogen-bond donors (Lipinski definition) is 0. The summed E-state index contributed by atoms with van der Waals surface area (Å²) >= 11 is 0. The fourth-order valence-corrected chi connectivity index (χ4v) is 6.89. The first-order chi connectivity index (χ1) is 5.97. The molecular weight excluding hydrogens is 144 g/mol. The quantitative estimate of drug-likeness (QED) is 0.511. The largest absolute Gasteiger partial charge is 0.0496 e. The summed E-state index contributed by atoms with van der Waals surface area (Å²) in [4.78, 5) is 0. The lowest BCUT2D eigenvalue weighted by atomic mass is 9.71. The van der Waals surface area contributed by atoms with Crippen LogP contribution in [0.5, 0.6) is 0 Å². The molecule has 0 spiro atoms. The maximum atomic E-state index is 1.64. The lowest BCUT2D eigenvalue weighted by Gasteiger charge is -2.34. The highest BCUT2D eigenvalue weighted by atomic mass is 14.8. The lowest BCUT2D eigenvalue weighted by molar-refractivity contribution is 0.146. The van der Waals surface area contributed by atoms with Gasteiger partial charge in [-0.1, -0.05) is 0 Å². The van der Waals surface area contributed by atoms with E-state index in [1.165, 1.54) is 47.3 Å². The van der Waals surface area contributed by atoms with Crippen molar-refractivity contribution in [2.45, 2.75) is 25.7 Å². The van der Waals surface area contributed by atoms with Gasteiger partial charge in [0.15, 0.2) is 0 Å². The summed E-state index contributed by atoms with van der Waals surface area (Å²) in [6.45, 7) is 0. The molecule has 6 fully saturated rings. The van der Waals surface area contributed by atoms with Crippen molar-refractivity contribution in [1.29, 1.82) is 0 Å². The Bertz CT molecular complexity index is 197. The molecule has 6 rings (SSSR count). The number of hydrogen-bond acceptors (Lipinski definition) is 0. The van der Waals surface area contributed by atoms with Gasteiger partial charge in [-0.25, -0.2) is 0 Å². The average Bonchev–Trinajstić information content (AvgIpc) is 2.84. The van der Waals surface area contributed by atoms with Crippen LogP contribution in [-0.2, 0) is 0 Å². The van der Waals surface area contributed by atoms with E-state index >= 15 is 0 Å². The molecule has 0 aromatic heterocycles. The molecule has 0 unspecified atom stereocenters. The molecule has 0 nitrogen and oxygen atoms in total. The molecule has 6 saturated carbocycles. The van der Waals surface area contributed by atoms with E-state index in [1.807, 2.05) is 0 Å². The minimum absolute atomic E-state index is 1.26. The zero-order valence-corrected chi connectivity index (χ0v) is 7.45. The summed E-state index contributed by atoms with van der Waals surface area (Å²) in [6.07, 6.45) is 6.54. The summed E-state index contributed by atoms with van der Waals surface area (Å²) in [5.41, 5.74) is 0. The van der Waals surface area contributed by atoms with E-state index in [1.54, 1.807) is 25.7 Å². The van der Waals surface area contributed by atoms with Crippen molar-refractivity contribution in [1.82, 2.24) is 0 Å². The van der Waals surface area contributed by atoms with Gasteiger partial charge in [0.2, 0.25) is 0 Å². The lowest BCUT2D eigenvalue weighted by Crippen LogP contribution is -2.27. The maximum absolute atomic E-state index is 1.64. The zero-order valence-electron chi connectivity index (χ0n) is 7.45. The van der Waals surface area contributed by atoms with Crippen LogP contribution in [0.25, 0.3) is 0 Å². The summed E-state index contributed by atoms with van der Waals surface area (Å²) in [5.74, 6) is 10.1. The van der Waals surface area contributed by atoms with Gasteiger partial charge in [-0.3, -0.25) is 0 Å². The van der Waals surface area contributed by atoms with Crippen molar-refractivity contribution in [2.75, 3.05) is 0 Å². The van der Waals surface area contributed by atoms with E-state index in [0.717, 1.165) is 0 Å². The highest BCUT2D eigenvalue weighted by molar-refractivity contribution is 5.24. The van der Waals surface area contributed by atoms with E-state index in [2.05, 4.69) is 0 Å². The first-order valence-corrected chi connectivity index (χ1v) is 5.97. The molecule has 0 aliphatic heterocycles. The van der Waals surface area contributed by atoms with E-state index in [9.17, 15) is 0 Å². The standard InChI is InChI=1S/C12H16/c1-2-6-9-5(1)11-7-3-4-8(10(7)9)12(6)11/h5-12H,1-4H2. The minimum Gasteiger partial charge on any atom is -0.0496 e. The van der Waals surface area contributed by atoms with Crippen molar-refractivity contribution < 1.29 is 0 Å². The summed E-state index contributed by atoms with van der Waals surface area (Å²) in [5, 5.41) is 0. The molecule has 0 aromatic carbocycles. The normalized spacial score (nSPS) is 80.0. The van der Waals surface area contributed by atoms with Crippen molar-refractivity contribution >= 4 is 0 Å². The molecule has 0 amide bonds. The minimum atomic E-state index is 1.26. The molecule has 8 bridgehead atoms. The Kier molecular flexibility index (Phi) is 0.663. The summed E-state index contributed by atoms with van der Waals surface area (Å²) in [6, 6.07) is 0. The van der Waals surface area contributed by atoms with Crippen molar-refractivity contribution in [3.63, 3.8) is 0 Å². The van der Waals surface area contributed by atoms with Crippen molar-refractivity contribution in [3.8, 4) is 0 Å². The van der Waals surface area contributed by atoms with Crippen LogP contribution < -0.4 is 0 Å². The SMILES string of the molecule is C1CC2C3C1C1C4CCC(C43)C21. The molecule has 6 aliphatic rings. The van der Waals surface area contributed by atoms with E-state index in [4.69, 9.17) is 0 Å². The van der Waals surface area contributed by atoms with Gasteiger partial charge < -0.3 is 0 Å². The third kappa shape index (κ3) is 0.324. The van der Waals surface area contributed by atoms with Crippen LogP contribution in [0.4, 0.5) is 0 Å². The second-order valence-corrected chi connectivity index (χ2v) is 6.12. The second-order valence-electron chi connectivity index (χ2n) is 6.12. The molecule has 64 valence electrons. The second kappa shape index (κ2) is 1.40. The Morgan fingerprint density at radius 2 is 0.667 bits per heavy atom. The highest BCUT2D eigenvalue weighted by Crippen LogP contribution is 2.82. The van der Waals surface area contributed by atoms with Crippen molar-refractivity contribution in [2.24, 2.45) is 47.3 Å². The van der Waals surface area contributed by atoms with Gasteiger partial charge in [0.05, 0.1) is 0 Å². The van der Waals surface area contributed by atoms with Gasteiger partial charge >= 0.3 is 0 Å². The summed E-state index contributed by atoms with van der Waals surface area (Å²) < 4.78 is 0. The van der Waals surface area contributed by atoms with Crippen LogP contribution in [0.15, 0.2) is 0 Å². The van der Waals surface area contributed by atoms with Crippen LogP contribution in [0.1, 0.15) is 25.7 Å². The first kappa shape index (κ1) is 5.67. The Labute approximate surface area is 73.7 Å². The average molecular weight is 160 g/mol. The molecule has 0 aromatic rings. The molecule has 0 radical (unpaired) electrons. The van der Waals surface area contributed by atoms with Gasteiger partial charge in [0, 0.05) is 0 Å². The van der Waals surface area contributed by atoms with Crippen LogP contribution in [-0.4, -0.2) is 0 Å². The predicted octanol–water partition coefficient (Wildman–Crippen LogP) is 2.54. The Balaban J connectivity index is 1.81. The molecule has 0 saturated heterocycles. The van der Waals surface area contributed by atoms with Gasteiger partial charge in [0.1, 0.15) is 0 Å². The topological polar surface area (TPSA) is 0 Å². The van der Waals surface area contributed by atoms with E-state index < -0.39 is 0 Å². The van der Waals surface area contributed by atoms with E-state index in [0.29, 0.717) is 0 Å². The van der Waals surface area contributed by atoms with Gasteiger partial charge in [-0.15, -0.1) is 0 Å². The third-order valence-electron chi connectivity index (χ3n) is 6.51. The molecule has 0 atom stereocenters. The Morgan fingerprint density at radius 3 is 0.917 bits per heavy atom. The van der Waals surface area contributed by atoms with Gasteiger partial charge in [-0.2, -0.15) is 0 Å². The molecule has 0 heterocycles. The molecular formula is C12H16. The van der Waals surface area contributed by atoms with Crippen LogP contribution in [0.2, 0.25) is 0 Å².